The molecule has 1 aromatic carbocycles. The minimum Gasteiger partial charge on any atom is -0.358 e. The standard InChI is InChI=1S/C30H28N6S/c1-18(14-30(2,3)4)32-21-12-20(15-31-16-21)24-8-9-26-28(34-24)29(36-35-26)27-13-23-22(19-10-11-37-17-19)6-5-7-25(23)33-27/h5-13,15-17,32-33H,1,14H2,2-4H3,(H,35,36). The summed E-state index contributed by atoms with van der Waals surface area (Å²) in [6.45, 7) is 10.8. The highest BCUT2D eigenvalue weighted by Gasteiger charge is 2.16. The first-order chi connectivity index (χ1) is 17.8. The summed E-state index contributed by atoms with van der Waals surface area (Å²) in [6.07, 6.45) is 4.52. The van der Waals surface area contributed by atoms with Crippen molar-refractivity contribution in [3.63, 3.8) is 0 Å². The van der Waals surface area contributed by atoms with Crippen LogP contribution in [-0.2, 0) is 0 Å². The fourth-order valence-corrected chi connectivity index (χ4v) is 5.39. The molecule has 0 aliphatic heterocycles. The highest BCUT2D eigenvalue weighted by atomic mass is 32.1. The molecule has 0 atom stereocenters. The number of aromatic amines is 2. The largest absolute Gasteiger partial charge is 0.358 e. The van der Waals surface area contributed by atoms with Crippen LogP contribution in [0.25, 0.3) is 55.7 Å². The van der Waals surface area contributed by atoms with E-state index in [1.807, 2.05) is 24.5 Å². The third kappa shape index (κ3) is 4.66. The van der Waals surface area contributed by atoms with Crippen LogP contribution in [0.4, 0.5) is 5.69 Å². The van der Waals surface area contributed by atoms with E-state index in [1.165, 1.54) is 16.5 Å². The summed E-state index contributed by atoms with van der Waals surface area (Å²) in [5, 5.41) is 16.6. The van der Waals surface area contributed by atoms with Gasteiger partial charge in [-0.05, 0) is 70.1 Å². The van der Waals surface area contributed by atoms with Gasteiger partial charge in [0.05, 0.1) is 28.8 Å². The van der Waals surface area contributed by atoms with Crippen LogP contribution < -0.4 is 5.32 Å². The minimum absolute atomic E-state index is 0.159. The summed E-state index contributed by atoms with van der Waals surface area (Å²) in [7, 11) is 0. The number of allylic oxidation sites excluding steroid dienone is 1. The number of pyridine rings is 2. The fourth-order valence-electron chi connectivity index (χ4n) is 4.74. The van der Waals surface area contributed by atoms with Crippen LogP contribution in [0.1, 0.15) is 27.2 Å². The van der Waals surface area contributed by atoms with Gasteiger partial charge in [-0.25, -0.2) is 4.98 Å². The molecule has 37 heavy (non-hydrogen) atoms. The number of hydrogen-bond donors (Lipinski definition) is 3. The summed E-state index contributed by atoms with van der Waals surface area (Å²) in [5.41, 5.74) is 10.7. The molecule has 0 saturated heterocycles. The lowest BCUT2D eigenvalue weighted by atomic mass is 9.91. The van der Waals surface area contributed by atoms with E-state index in [2.05, 4.69) is 100.0 Å². The van der Waals surface area contributed by atoms with Crippen LogP contribution in [-0.4, -0.2) is 25.1 Å². The van der Waals surface area contributed by atoms with E-state index in [0.29, 0.717) is 0 Å². The van der Waals surface area contributed by atoms with Crippen molar-refractivity contribution in [2.75, 3.05) is 5.32 Å². The average molecular weight is 505 g/mol. The Balaban J connectivity index is 1.36. The third-order valence-electron chi connectivity index (χ3n) is 6.26. The van der Waals surface area contributed by atoms with E-state index in [1.54, 1.807) is 11.3 Å². The van der Waals surface area contributed by atoms with Crippen LogP contribution in [0.15, 0.2) is 84.0 Å². The number of benzene rings is 1. The predicted molar refractivity (Wildman–Crippen MR) is 155 cm³/mol. The van der Waals surface area contributed by atoms with E-state index in [0.717, 1.165) is 57.0 Å². The van der Waals surface area contributed by atoms with Gasteiger partial charge in [0.25, 0.3) is 0 Å². The molecule has 6 aromatic rings. The molecule has 0 unspecified atom stereocenters. The molecule has 0 bridgehead atoms. The van der Waals surface area contributed by atoms with Gasteiger partial charge < -0.3 is 10.3 Å². The SMILES string of the molecule is C=C(CC(C)(C)C)Nc1cncc(-c2ccc3[nH]nc(-c4cc5c(-c6ccsc6)cccc5[nH]4)c3n2)c1. The van der Waals surface area contributed by atoms with Gasteiger partial charge in [-0.3, -0.25) is 10.1 Å². The second kappa shape index (κ2) is 9.01. The van der Waals surface area contributed by atoms with Crippen LogP contribution in [0.5, 0.6) is 0 Å². The molecule has 0 fully saturated rings. The minimum atomic E-state index is 0.159. The summed E-state index contributed by atoms with van der Waals surface area (Å²) in [5.74, 6) is 0. The van der Waals surface area contributed by atoms with Gasteiger partial charge in [-0.15, -0.1) is 0 Å². The Hall–Kier alpha value is -4.23. The second-order valence-electron chi connectivity index (χ2n) is 10.6. The molecule has 6 rings (SSSR count). The Morgan fingerprint density at radius 2 is 1.92 bits per heavy atom. The zero-order valence-corrected chi connectivity index (χ0v) is 21.9. The van der Waals surface area contributed by atoms with E-state index >= 15 is 0 Å². The van der Waals surface area contributed by atoms with Crippen molar-refractivity contribution in [3.8, 4) is 33.8 Å². The van der Waals surface area contributed by atoms with Crippen molar-refractivity contribution in [1.29, 1.82) is 0 Å². The van der Waals surface area contributed by atoms with Gasteiger partial charge in [-0.2, -0.15) is 16.4 Å². The first-order valence-corrected chi connectivity index (χ1v) is 13.2. The summed E-state index contributed by atoms with van der Waals surface area (Å²) < 4.78 is 0. The normalized spacial score (nSPS) is 11.9. The van der Waals surface area contributed by atoms with Crippen molar-refractivity contribution in [2.45, 2.75) is 27.2 Å². The van der Waals surface area contributed by atoms with Gasteiger partial charge in [0, 0.05) is 28.4 Å². The van der Waals surface area contributed by atoms with Crippen molar-refractivity contribution in [2.24, 2.45) is 5.41 Å². The lowest BCUT2D eigenvalue weighted by molar-refractivity contribution is 0.411. The first kappa shape index (κ1) is 23.2. The zero-order valence-electron chi connectivity index (χ0n) is 21.1. The molecule has 0 radical (unpaired) electrons. The smallest absolute Gasteiger partial charge is 0.135 e. The molecule has 5 heterocycles. The Kier molecular flexibility index (Phi) is 5.65. The summed E-state index contributed by atoms with van der Waals surface area (Å²) in [6, 6.07) is 16.7. The number of fused-ring (bicyclic) bond motifs is 2. The van der Waals surface area contributed by atoms with Gasteiger partial charge in [-0.1, -0.05) is 39.5 Å². The third-order valence-corrected chi connectivity index (χ3v) is 6.94. The van der Waals surface area contributed by atoms with E-state index in [9.17, 15) is 0 Å². The maximum atomic E-state index is 5.00. The molecule has 0 saturated carbocycles. The molecule has 0 aliphatic carbocycles. The van der Waals surface area contributed by atoms with Crippen LogP contribution in [0.2, 0.25) is 0 Å². The van der Waals surface area contributed by atoms with Gasteiger partial charge >= 0.3 is 0 Å². The van der Waals surface area contributed by atoms with E-state index < -0.39 is 0 Å². The maximum Gasteiger partial charge on any atom is 0.135 e. The van der Waals surface area contributed by atoms with Crippen molar-refractivity contribution < 1.29 is 0 Å². The lowest BCUT2D eigenvalue weighted by Gasteiger charge is -2.20. The summed E-state index contributed by atoms with van der Waals surface area (Å²) in [4.78, 5) is 13.0. The van der Waals surface area contributed by atoms with Crippen LogP contribution >= 0.6 is 11.3 Å². The number of aromatic nitrogens is 5. The number of rotatable bonds is 6. The number of thiophene rings is 1. The van der Waals surface area contributed by atoms with Gasteiger partial charge in [0.2, 0.25) is 0 Å². The van der Waals surface area contributed by atoms with Crippen molar-refractivity contribution in [3.05, 3.63) is 84.0 Å². The van der Waals surface area contributed by atoms with E-state index in [4.69, 9.17) is 4.98 Å². The topological polar surface area (TPSA) is 82.3 Å². The number of hydrogen-bond acceptors (Lipinski definition) is 5. The van der Waals surface area contributed by atoms with Crippen molar-refractivity contribution >= 4 is 39.0 Å². The highest BCUT2D eigenvalue weighted by Crippen LogP contribution is 2.35. The van der Waals surface area contributed by atoms with Gasteiger partial charge in [0.1, 0.15) is 11.2 Å². The number of nitrogens with zero attached hydrogens (tertiary/aromatic N) is 3. The molecule has 5 aromatic heterocycles. The molecule has 7 heteroatoms. The monoisotopic (exact) mass is 504 g/mol. The van der Waals surface area contributed by atoms with Gasteiger partial charge in [0.15, 0.2) is 0 Å². The highest BCUT2D eigenvalue weighted by molar-refractivity contribution is 7.08. The number of H-pyrrole nitrogens is 2. The van der Waals surface area contributed by atoms with Crippen LogP contribution in [0.3, 0.4) is 0 Å². The quantitative estimate of drug-likeness (QED) is 0.213. The average Bonchev–Trinajstić information content (AvgIpc) is 3.61. The Morgan fingerprint density at radius 1 is 1.03 bits per heavy atom. The first-order valence-electron chi connectivity index (χ1n) is 12.2. The fraction of sp³-hybridized carbons (Fsp3) is 0.167. The molecule has 3 N–H and O–H groups in total. The lowest BCUT2D eigenvalue weighted by Crippen LogP contribution is -2.10. The molecule has 0 aliphatic rings. The second-order valence-corrected chi connectivity index (χ2v) is 11.3. The molecule has 184 valence electrons. The summed E-state index contributed by atoms with van der Waals surface area (Å²) >= 11 is 1.70. The Morgan fingerprint density at radius 3 is 2.73 bits per heavy atom. The zero-order chi connectivity index (χ0) is 25.6. The number of anilines is 1. The molecule has 0 spiro atoms. The Bertz CT molecular complexity index is 1730. The number of nitrogens with one attached hydrogen (secondary N) is 3. The van der Waals surface area contributed by atoms with E-state index in [-0.39, 0.29) is 5.41 Å². The predicted octanol–water partition coefficient (Wildman–Crippen LogP) is 8.26. The molecular weight excluding hydrogens is 476 g/mol. The molecular formula is C30H28N6S. The van der Waals surface area contributed by atoms with Crippen LogP contribution in [0, 0.1) is 5.41 Å². The molecule has 6 nitrogen and oxygen atoms in total. The Labute approximate surface area is 219 Å². The van der Waals surface area contributed by atoms with Crippen molar-refractivity contribution in [1.82, 2.24) is 25.1 Å². The maximum absolute atomic E-state index is 5.00. The molecule has 0 amide bonds.